The van der Waals surface area contributed by atoms with E-state index < -0.39 is 6.10 Å². The number of thioether (sulfide) groups is 1. The number of hydrogen-bond donors (Lipinski definition) is 1. The Morgan fingerprint density at radius 2 is 1.75 bits per heavy atom. The van der Waals surface area contributed by atoms with E-state index in [9.17, 15) is 5.11 Å². The Labute approximate surface area is 133 Å². The van der Waals surface area contributed by atoms with Crippen LogP contribution in [0.2, 0.25) is 0 Å². The third-order valence-corrected chi connectivity index (χ3v) is 4.86. The van der Waals surface area contributed by atoms with Crippen LogP contribution in [0.25, 0.3) is 0 Å². The van der Waals surface area contributed by atoms with Gasteiger partial charge in [-0.25, -0.2) is 0 Å². The lowest BCUT2D eigenvalue weighted by atomic mass is 10.1. The van der Waals surface area contributed by atoms with E-state index in [0.29, 0.717) is 0 Å². The standard InChI is InChI=1S/C17H19BrOS/c1-11-6-12(2)8-14(7-11)10-20-15-4-5-16(13(3)19)17(18)9-15/h4-9,13,19H,10H2,1-3H3. The second-order valence-electron chi connectivity index (χ2n) is 5.14. The number of aliphatic hydroxyl groups is 1. The van der Waals surface area contributed by atoms with E-state index in [1.54, 1.807) is 6.92 Å². The van der Waals surface area contributed by atoms with E-state index in [1.807, 2.05) is 17.8 Å². The molecule has 3 heteroatoms. The monoisotopic (exact) mass is 350 g/mol. The van der Waals surface area contributed by atoms with E-state index in [1.165, 1.54) is 21.6 Å². The Morgan fingerprint density at radius 3 is 2.30 bits per heavy atom. The van der Waals surface area contributed by atoms with Gasteiger partial charge in [0.05, 0.1) is 6.10 Å². The predicted molar refractivity (Wildman–Crippen MR) is 90.3 cm³/mol. The molecule has 0 saturated heterocycles. The van der Waals surface area contributed by atoms with Gasteiger partial charge in [-0.15, -0.1) is 11.8 Å². The minimum absolute atomic E-state index is 0.442. The Hall–Kier alpha value is -0.770. The number of benzene rings is 2. The van der Waals surface area contributed by atoms with Crippen LogP contribution < -0.4 is 0 Å². The van der Waals surface area contributed by atoms with Crippen LogP contribution in [0.4, 0.5) is 0 Å². The first-order chi connectivity index (χ1) is 9.45. The Morgan fingerprint density at radius 1 is 1.10 bits per heavy atom. The van der Waals surface area contributed by atoms with Crippen LogP contribution in [-0.4, -0.2) is 5.11 Å². The summed E-state index contributed by atoms with van der Waals surface area (Å²) in [5.41, 5.74) is 4.90. The number of halogens is 1. The summed E-state index contributed by atoms with van der Waals surface area (Å²) in [6.07, 6.45) is -0.442. The molecule has 2 rings (SSSR count). The first-order valence-electron chi connectivity index (χ1n) is 6.63. The normalized spacial score (nSPS) is 12.4. The van der Waals surface area contributed by atoms with Crippen molar-refractivity contribution in [3.63, 3.8) is 0 Å². The molecule has 20 heavy (non-hydrogen) atoms. The number of aliphatic hydroxyl groups excluding tert-OH is 1. The largest absolute Gasteiger partial charge is 0.389 e. The molecule has 1 nitrogen and oxygen atoms in total. The average molecular weight is 351 g/mol. The summed E-state index contributed by atoms with van der Waals surface area (Å²) in [5, 5.41) is 9.63. The average Bonchev–Trinajstić information content (AvgIpc) is 2.35. The van der Waals surface area contributed by atoms with Gasteiger partial charge in [0.15, 0.2) is 0 Å². The molecule has 1 atom stereocenters. The van der Waals surface area contributed by atoms with Gasteiger partial charge in [-0.1, -0.05) is 51.3 Å². The van der Waals surface area contributed by atoms with E-state index in [4.69, 9.17) is 0 Å². The number of rotatable bonds is 4. The molecule has 0 heterocycles. The van der Waals surface area contributed by atoms with Crippen LogP contribution in [-0.2, 0) is 5.75 Å². The van der Waals surface area contributed by atoms with Crippen LogP contribution in [0.5, 0.6) is 0 Å². The SMILES string of the molecule is Cc1cc(C)cc(CSc2ccc(C(C)O)c(Br)c2)c1. The van der Waals surface area contributed by atoms with Gasteiger partial charge >= 0.3 is 0 Å². The molecular weight excluding hydrogens is 332 g/mol. The molecule has 2 aromatic rings. The highest BCUT2D eigenvalue weighted by molar-refractivity contribution is 9.10. The zero-order chi connectivity index (χ0) is 14.7. The summed E-state index contributed by atoms with van der Waals surface area (Å²) in [6.45, 7) is 6.05. The van der Waals surface area contributed by atoms with Crippen molar-refractivity contribution < 1.29 is 5.11 Å². The minimum atomic E-state index is -0.442. The van der Waals surface area contributed by atoms with Crippen molar-refractivity contribution in [3.8, 4) is 0 Å². The summed E-state index contributed by atoms with van der Waals surface area (Å²) in [4.78, 5) is 1.21. The van der Waals surface area contributed by atoms with Gasteiger partial charge in [0.25, 0.3) is 0 Å². The molecule has 2 aromatic carbocycles. The molecule has 0 aliphatic rings. The quantitative estimate of drug-likeness (QED) is 0.743. The first kappa shape index (κ1) is 15.6. The molecule has 0 spiro atoms. The van der Waals surface area contributed by atoms with Gasteiger partial charge in [-0.3, -0.25) is 0 Å². The summed E-state index contributed by atoms with van der Waals surface area (Å²) >= 11 is 5.34. The van der Waals surface area contributed by atoms with Crippen LogP contribution in [0.15, 0.2) is 45.8 Å². The predicted octanol–water partition coefficient (Wildman–Crippen LogP) is 5.41. The third-order valence-electron chi connectivity index (χ3n) is 3.11. The maximum atomic E-state index is 9.63. The van der Waals surface area contributed by atoms with Crippen molar-refractivity contribution in [1.82, 2.24) is 0 Å². The molecule has 0 saturated carbocycles. The van der Waals surface area contributed by atoms with E-state index >= 15 is 0 Å². The van der Waals surface area contributed by atoms with E-state index in [-0.39, 0.29) is 0 Å². The van der Waals surface area contributed by atoms with Gasteiger partial charge in [-0.05, 0) is 44.0 Å². The van der Waals surface area contributed by atoms with E-state index in [0.717, 1.165) is 15.8 Å². The molecule has 0 amide bonds. The topological polar surface area (TPSA) is 20.2 Å². The van der Waals surface area contributed by atoms with Crippen molar-refractivity contribution in [2.45, 2.75) is 37.5 Å². The smallest absolute Gasteiger partial charge is 0.0772 e. The van der Waals surface area contributed by atoms with Crippen LogP contribution >= 0.6 is 27.7 Å². The van der Waals surface area contributed by atoms with Crippen molar-refractivity contribution >= 4 is 27.7 Å². The highest BCUT2D eigenvalue weighted by atomic mass is 79.9. The highest BCUT2D eigenvalue weighted by Gasteiger charge is 2.07. The fourth-order valence-electron chi connectivity index (χ4n) is 2.26. The zero-order valence-electron chi connectivity index (χ0n) is 12.0. The van der Waals surface area contributed by atoms with Crippen molar-refractivity contribution in [3.05, 3.63) is 63.1 Å². The second-order valence-corrected chi connectivity index (χ2v) is 7.05. The summed E-state index contributed by atoms with van der Waals surface area (Å²) < 4.78 is 0.970. The van der Waals surface area contributed by atoms with Crippen molar-refractivity contribution in [2.75, 3.05) is 0 Å². The lowest BCUT2D eigenvalue weighted by molar-refractivity contribution is 0.198. The van der Waals surface area contributed by atoms with Gasteiger partial charge in [0.2, 0.25) is 0 Å². The Kier molecular flexibility index (Phi) is 5.30. The van der Waals surface area contributed by atoms with Crippen LogP contribution in [0.3, 0.4) is 0 Å². The van der Waals surface area contributed by atoms with Gasteiger partial charge in [-0.2, -0.15) is 0 Å². The van der Waals surface area contributed by atoms with Crippen molar-refractivity contribution in [2.24, 2.45) is 0 Å². The molecule has 106 valence electrons. The third kappa shape index (κ3) is 4.11. The lowest BCUT2D eigenvalue weighted by Crippen LogP contribution is -1.92. The van der Waals surface area contributed by atoms with Crippen LogP contribution in [0, 0.1) is 13.8 Å². The maximum Gasteiger partial charge on any atom is 0.0772 e. The number of aryl methyl sites for hydroxylation is 2. The second kappa shape index (κ2) is 6.79. The highest BCUT2D eigenvalue weighted by Crippen LogP contribution is 2.30. The molecule has 0 aliphatic heterocycles. The zero-order valence-corrected chi connectivity index (χ0v) is 14.4. The fourth-order valence-corrected chi connectivity index (χ4v) is 3.98. The minimum Gasteiger partial charge on any atom is -0.389 e. The van der Waals surface area contributed by atoms with Gasteiger partial charge < -0.3 is 5.11 Å². The molecule has 0 bridgehead atoms. The molecule has 0 radical (unpaired) electrons. The molecule has 1 unspecified atom stereocenters. The molecule has 1 N–H and O–H groups in total. The molecular formula is C17H19BrOS. The molecule has 0 aromatic heterocycles. The van der Waals surface area contributed by atoms with Crippen molar-refractivity contribution in [1.29, 1.82) is 0 Å². The summed E-state index contributed by atoms with van der Waals surface area (Å²) in [5.74, 6) is 0.961. The fraction of sp³-hybridized carbons (Fsp3) is 0.294. The molecule has 0 aliphatic carbocycles. The number of hydrogen-bond acceptors (Lipinski definition) is 2. The molecule has 0 fully saturated rings. The Bertz CT molecular complexity index is 588. The first-order valence-corrected chi connectivity index (χ1v) is 8.41. The van der Waals surface area contributed by atoms with Gasteiger partial charge in [0, 0.05) is 15.1 Å². The van der Waals surface area contributed by atoms with Crippen LogP contribution in [0.1, 0.15) is 35.3 Å². The van der Waals surface area contributed by atoms with Gasteiger partial charge in [0.1, 0.15) is 0 Å². The summed E-state index contributed by atoms with van der Waals surface area (Å²) in [7, 11) is 0. The maximum absolute atomic E-state index is 9.63. The Balaban J connectivity index is 2.09. The van der Waals surface area contributed by atoms with E-state index in [2.05, 4.69) is 60.1 Å². The summed E-state index contributed by atoms with van der Waals surface area (Å²) in [6, 6.07) is 12.8. The lowest BCUT2D eigenvalue weighted by Gasteiger charge is -2.10.